The molecular formula is C19H18BrN3O2. The zero-order valence-corrected chi connectivity index (χ0v) is 15.4. The van der Waals surface area contributed by atoms with Crippen LogP contribution in [0.1, 0.15) is 12.5 Å². The van der Waals surface area contributed by atoms with Gasteiger partial charge in [-0.15, -0.1) is 0 Å². The molecule has 0 saturated heterocycles. The van der Waals surface area contributed by atoms with Gasteiger partial charge in [-0.25, -0.2) is 4.98 Å². The summed E-state index contributed by atoms with van der Waals surface area (Å²) in [5.41, 5.74) is 2.21. The van der Waals surface area contributed by atoms with Crippen molar-refractivity contribution in [3.63, 3.8) is 0 Å². The molecule has 0 aliphatic carbocycles. The lowest BCUT2D eigenvalue weighted by molar-refractivity contribution is -0.122. The van der Waals surface area contributed by atoms with Crippen LogP contribution in [0.2, 0.25) is 0 Å². The number of hydrogen-bond donors (Lipinski definition) is 1. The molecule has 0 aliphatic heterocycles. The van der Waals surface area contributed by atoms with E-state index in [-0.39, 0.29) is 24.1 Å². The summed E-state index contributed by atoms with van der Waals surface area (Å²) in [5, 5.41) is 2.95. The Morgan fingerprint density at radius 2 is 1.92 bits per heavy atom. The highest BCUT2D eigenvalue weighted by Crippen LogP contribution is 2.12. The minimum atomic E-state index is -0.283. The maximum atomic E-state index is 12.4. The highest BCUT2D eigenvalue weighted by atomic mass is 79.9. The van der Waals surface area contributed by atoms with Gasteiger partial charge in [0.15, 0.2) is 0 Å². The molecule has 0 saturated carbocycles. The van der Waals surface area contributed by atoms with Gasteiger partial charge in [-0.2, -0.15) is 0 Å². The summed E-state index contributed by atoms with van der Waals surface area (Å²) in [6, 6.07) is 15.3. The number of nitrogens with zero attached hydrogens (tertiary/aromatic N) is 2. The highest BCUT2D eigenvalue weighted by Gasteiger charge is 2.12. The predicted molar refractivity (Wildman–Crippen MR) is 101 cm³/mol. The van der Waals surface area contributed by atoms with Crippen LogP contribution < -0.4 is 10.9 Å². The quantitative estimate of drug-likeness (QED) is 0.717. The van der Waals surface area contributed by atoms with Crippen molar-refractivity contribution >= 4 is 32.9 Å². The fourth-order valence-electron chi connectivity index (χ4n) is 2.77. The molecule has 128 valence electrons. The van der Waals surface area contributed by atoms with Crippen LogP contribution in [-0.2, 0) is 17.8 Å². The van der Waals surface area contributed by atoms with Gasteiger partial charge >= 0.3 is 0 Å². The third-order valence-corrected chi connectivity index (χ3v) is 4.45. The van der Waals surface area contributed by atoms with Crippen LogP contribution in [0.4, 0.5) is 0 Å². The molecule has 3 rings (SSSR count). The number of rotatable bonds is 5. The molecule has 5 nitrogen and oxygen atoms in total. The predicted octanol–water partition coefficient (Wildman–Crippen LogP) is 2.91. The van der Waals surface area contributed by atoms with Crippen molar-refractivity contribution in [1.82, 2.24) is 14.9 Å². The van der Waals surface area contributed by atoms with Gasteiger partial charge in [-0.3, -0.25) is 14.2 Å². The first-order chi connectivity index (χ1) is 12.0. The summed E-state index contributed by atoms with van der Waals surface area (Å²) < 4.78 is 2.47. The Morgan fingerprint density at radius 3 is 2.68 bits per heavy atom. The van der Waals surface area contributed by atoms with E-state index in [0.717, 1.165) is 16.5 Å². The molecule has 0 bridgehead atoms. The molecule has 25 heavy (non-hydrogen) atoms. The fourth-order valence-corrected chi connectivity index (χ4v) is 3.03. The van der Waals surface area contributed by atoms with Gasteiger partial charge in [0.1, 0.15) is 6.54 Å². The number of aromatic nitrogens is 2. The first kappa shape index (κ1) is 17.4. The highest BCUT2D eigenvalue weighted by molar-refractivity contribution is 9.10. The maximum absolute atomic E-state index is 12.4. The first-order valence-electron chi connectivity index (χ1n) is 8.01. The summed E-state index contributed by atoms with van der Waals surface area (Å²) >= 11 is 3.41. The minimum Gasteiger partial charge on any atom is -0.352 e. The minimum absolute atomic E-state index is 0.0213. The summed E-state index contributed by atoms with van der Waals surface area (Å²) in [6.07, 6.45) is 1.98. The van der Waals surface area contributed by atoms with E-state index in [9.17, 15) is 9.59 Å². The number of fused-ring (bicyclic) bond motifs is 1. The molecule has 1 heterocycles. The van der Waals surface area contributed by atoms with Crippen LogP contribution >= 0.6 is 15.9 Å². The Balaban J connectivity index is 1.69. The molecule has 1 N–H and O–H groups in total. The molecule has 0 radical (unpaired) electrons. The van der Waals surface area contributed by atoms with Gasteiger partial charge < -0.3 is 5.32 Å². The third-order valence-electron chi connectivity index (χ3n) is 3.92. The lowest BCUT2D eigenvalue weighted by atomic mass is 10.1. The van der Waals surface area contributed by atoms with Crippen molar-refractivity contribution < 1.29 is 4.79 Å². The second-order valence-corrected chi connectivity index (χ2v) is 6.89. The van der Waals surface area contributed by atoms with Crippen LogP contribution in [0.5, 0.6) is 0 Å². The summed E-state index contributed by atoms with van der Waals surface area (Å²) in [6.45, 7) is 1.93. The number of carbonyl (C=O) groups excluding carboxylic acids is 1. The number of para-hydroxylation sites is 2. The monoisotopic (exact) mass is 399 g/mol. The Morgan fingerprint density at radius 1 is 1.20 bits per heavy atom. The van der Waals surface area contributed by atoms with Gasteiger partial charge in [-0.05, 0) is 43.2 Å². The zero-order chi connectivity index (χ0) is 17.8. The van der Waals surface area contributed by atoms with E-state index >= 15 is 0 Å². The van der Waals surface area contributed by atoms with E-state index in [1.54, 1.807) is 6.07 Å². The second-order valence-electron chi connectivity index (χ2n) is 5.97. The molecule has 1 aromatic heterocycles. The number of carbonyl (C=O) groups is 1. The fraction of sp³-hybridized carbons (Fsp3) is 0.211. The SMILES string of the molecule is CC(Cc1ccc(Br)cc1)NC(=O)Cn1c(=O)cnc2ccccc21. The molecule has 3 aromatic rings. The van der Waals surface area contributed by atoms with E-state index in [0.29, 0.717) is 11.0 Å². The van der Waals surface area contributed by atoms with Gasteiger partial charge in [0, 0.05) is 10.5 Å². The smallest absolute Gasteiger partial charge is 0.269 e. The number of nitrogens with one attached hydrogen (secondary N) is 1. The lowest BCUT2D eigenvalue weighted by Crippen LogP contribution is -2.38. The van der Waals surface area contributed by atoms with Crippen molar-refractivity contribution in [3.05, 3.63) is 75.1 Å². The molecule has 1 unspecified atom stereocenters. The molecule has 0 spiro atoms. The van der Waals surface area contributed by atoms with Crippen molar-refractivity contribution in [2.24, 2.45) is 0 Å². The van der Waals surface area contributed by atoms with E-state index in [1.165, 1.54) is 10.8 Å². The number of amides is 1. The van der Waals surface area contributed by atoms with Crippen LogP contribution in [0.25, 0.3) is 11.0 Å². The second kappa shape index (κ2) is 7.61. The first-order valence-corrected chi connectivity index (χ1v) is 8.80. The number of halogens is 1. The van der Waals surface area contributed by atoms with Crippen molar-refractivity contribution in [2.45, 2.75) is 25.9 Å². The van der Waals surface area contributed by atoms with E-state index in [2.05, 4.69) is 26.2 Å². The molecule has 2 aromatic carbocycles. The van der Waals surface area contributed by atoms with Gasteiger partial charge in [0.05, 0.1) is 17.2 Å². The average molecular weight is 400 g/mol. The van der Waals surface area contributed by atoms with Crippen LogP contribution in [0.3, 0.4) is 0 Å². The van der Waals surface area contributed by atoms with Crippen LogP contribution in [-0.4, -0.2) is 21.5 Å². The van der Waals surface area contributed by atoms with E-state index in [1.807, 2.05) is 49.4 Å². The van der Waals surface area contributed by atoms with Crippen LogP contribution in [0.15, 0.2) is 64.0 Å². The van der Waals surface area contributed by atoms with Gasteiger partial charge in [-0.1, -0.05) is 40.2 Å². The van der Waals surface area contributed by atoms with E-state index in [4.69, 9.17) is 0 Å². The Labute approximate surface area is 153 Å². The van der Waals surface area contributed by atoms with Crippen molar-refractivity contribution in [2.75, 3.05) is 0 Å². The van der Waals surface area contributed by atoms with Gasteiger partial charge in [0.25, 0.3) is 5.56 Å². The summed E-state index contributed by atoms with van der Waals surface area (Å²) in [5.74, 6) is -0.192. The van der Waals surface area contributed by atoms with Crippen LogP contribution in [0, 0.1) is 0 Å². The Kier molecular flexibility index (Phi) is 5.28. The lowest BCUT2D eigenvalue weighted by Gasteiger charge is -2.15. The van der Waals surface area contributed by atoms with E-state index < -0.39 is 0 Å². The average Bonchev–Trinajstić information content (AvgIpc) is 2.59. The van der Waals surface area contributed by atoms with Crippen molar-refractivity contribution in [3.8, 4) is 0 Å². The maximum Gasteiger partial charge on any atom is 0.269 e. The third kappa shape index (κ3) is 4.33. The Bertz CT molecular complexity index is 951. The largest absolute Gasteiger partial charge is 0.352 e. The molecule has 0 fully saturated rings. The number of benzene rings is 2. The molecular weight excluding hydrogens is 382 g/mol. The Hall–Kier alpha value is -2.47. The van der Waals surface area contributed by atoms with Gasteiger partial charge in [0.2, 0.25) is 5.91 Å². The summed E-state index contributed by atoms with van der Waals surface area (Å²) in [4.78, 5) is 28.6. The normalized spacial score (nSPS) is 12.1. The standard InChI is InChI=1S/C19H18BrN3O2/c1-13(10-14-6-8-15(20)9-7-14)22-18(24)12-23-17-5-3-2-4-16(17)21-11-19(23)25/h2-9,11,13H,10,12H2,1H3,(H,22,24). The molecule has 1 atom stereocenters. The molecule has 1 amide bonds. The van der Waals surface area contributed by atoms with Crippen molar-refractivity contribution in [1.29, 1.82) is 0 Å². The molecule has 0 aliphatic rings. The topological polar surface area (TPSA) is 64.0 Å². The number of hydrogen-bond acceptors (Lipinski definition) is 3. The molecule has 6 heteroatoms. The zero-order valence-electron chi connectivity index (χ0n) is 13.8. The summed E-state index contributed by atoms with van der Waals surface area (Å²) in [7, 11) is 0.